The molecule has 1 fully saturated rings. The average Bonchev–Trinajstić information content (AvgIpc) is 3.35. The number of fused-ring (bicyclic) bond motifs is 1. The first kappa shape index (κ1) is 22.2. The lowest BCUT2D eigenvalue weighted by atomic mass is 9.92. The van der Waals surface area contributed by atoms with Crippen molar-refractivity contribution in [2.24, 2.45) is 0 Å². The molecule has 0 saturated carbocycles. The van der Waals surface area contributed by atoms with Crippen molar-refractivity contribution in [2.45, 2.75) is 51.6 Å². The molecule has 0 spiro atoms. The van der Waals surface area contributed by atoms with Crippen LogP contribution >= 0.6 is 0 Å². The molecule has 0 bridgehead atoms. The summed E-state index contributed by atoms with van der Waals surface area (Å²) in [4.78, 5) is 14.3. The summed E-state index contributed by atoms with van der Waals surface area (Å²) in [7, 11) is 0. The van der Waals surface area contributed by atoms with Crippen LogP contribution in [0, 0.1) is 11.3 Å². The van der Waals surface area contributed by atoms with E-state index in [9.17, 15) is 4.79 Å². The van der Waals surface area contributed by atoms with Crippen molar-refractivity contribution in [3.63, 3.8) is 0 Å². The molecule has 7 nitrogen and oxygen atoms in total. The number of hydrogen-bond acceptors (Lipinski definition) is 5. The molecule has 2 aromatic carbocycles. The van der Waals surface area contributed by atoms with Crippen LogP contribution in [0.3, 0.4) is 0 Å². The number of carbonyl (C=O) groups excluding carboxylic acids is 1. The fourth-order valence-corrected chi connectivity index (χ4v) is 5.09. The van der Waals surface area contributed by atoms with E-state index in [0.717, 1.165) is 66.9 Å². The van der Waals surface area contributed by atoms with Crippen LogP contribution in [0.25, 0.3) is 11.1 Å². The van der Waals surface area contributed by atoms with Gasteiger partial charge in [0.05, 0.1) is 29.6 Å². The summed E-state index contributed by atoms with van der Waals surface area (Å²) >= 11 is 0. The number of amides is 1. The summed E-state index contributed by atoms with van der Waals surface area (Å²) in [6.07, 6.45) is 7.83. The van der Waals surface area contributed by atoms with Crippen molar-refractivity contribution < 1.29 is 9.53 Å². The zero-order chi connectivity index (χ0) is 23.7. The highest BCUT2D eigenvalue weighted by atomic mass is 16.5. The van der Waals surface area contributed by atoms with E-state index >= 15 is 0 Å². The fraction of sp³-hybridized carbons (Fsp3) is 0.370. The quantitative estimate of drug-likeness (QED) is 0.609. The number of aromatic nitrogens is 2. The van der Waals surface area contributed by atoms with Crippen LogP contribution in [0.4, 0.5) is 5.69 Å². The molecule has 1 atom stereocenters. The molecule has 3 aromatic rings. The van der Waals surface area contributed by atoms with Gasteiger partial charge in [0, 0.05) is 35.9 Å². The van der Waals surface area contributed by atoms with Crippen LogP contribution in [-0.4, -0.2) is 34.8 Å². The van der Waals surface area contributed by atoms with Crippen LogP contribution in [0.1, 0.15) is 50.3 Å². The van der Waals surface area contributed by atoms with Crippen LogP contribution in [-0.2, 0) is 11.2 Å². The predicted octanol–water partition coefficient (Wildman–Crippen LogP) is 4.83. The van der Waals surface area contributed by atoms with Crippen LogP contribution < -0.4 is 15.0 Å². The fourth-order valence-electron chi connectivity index (χ4n) is 5.09. The van der Waals surface area contributed by atoms with E-state index < -0.39 is 0 Å². The maximum Gasteiger partial charge on any atom is 0.224 e. The largest absolute Gasteiger partial charge is 0.456 e. The Bertz CT molecular complexity index is 1230. The molecule has 1 amide bonds. The van der Waals surface area contributed by atoms with Crippen LogP contribution in [0.5, 0.6) is 11.5 Å². The first-order chi connectivity index (χ1) is 16.5. The van der Waals surface area contributed by atoms with Crippen LogP contribution in [0.15, 0.2) is 48.8 Å². The number of piperidine rings is 1. The lowest BCUT2D eigenvalue weighted by Gasteiger charge is -2.36. The van der Waals surface area contributed by atoms with E-state index in [-0.39, 0.29) is 11.9 Å². The first-order valence-corrected chi connectivity index (χ1v) is 11.9. The molecule has 0 unspecified atom stereocenters. The van der Waals surface area contributed by atoms with Gasteiger partial charge in [-0.1, -0.05) is 0 Å². The third-order valence-electron chi connectivity index (χ3n) is 6.89. The second-order valence-corrected chi connectivity index (χ2v) is 9.15. The molecular weight excluding hydrogens is 426 g/mol. The first-order valence-electron chi connectivity index (χ1n) is 11.9. The maximum atomic E-state index is 12.5. The Morgan fingerprint density at radius 2 is 1.91 bits per heavy atom. The highest BCUT2D eigenvalue weighted by molar-refractivity contribution is 5.95. The Kier molecular flexibility index (Phi) is 6.08. The smallest absolute Gasteiger partial charge is 0.224 e. The highest BCUT2D eigenvalue weighted by Crippen LogP contribution is 2.44. The number of nitriles is 1. The molecule has 2 aliphatic rings. The Balaban J connectivity index is 1.59. The number of nitrogens with one attached hydrogen (secondary N) is 1. The topological polar surface area (TPSA) is 83.2 Å². The number of rotatable bonds is 4. The lowest BCUT2D eigenvalue weighted by molar-refractivity contribution is -0.117. The van der Waals surface area contributed by atoms with Gasteiger partial charge in [0.2, 0.25) is 5.91 Å². The standard InChI is InChI=1S/C27H29N5O2/c1-18-3-8-25-26(32(18)19(2)33)10-9-24(27(25)34-23-6-4-20(15-28)5-7-23)21-16-30-31(17-21)22-11-13-29-14-12-22/h4-7,9-10,16-18,22,29H,3,8,11-14H2,1-2H3/t18-/m0/s1. The Morgan fingerprint density at radius 3 is 2.62 bits per heavy atom. The van der Waals surface area contributed by atoms with Gasteiger partial charge in [-0.2, -0.15) is 10.4 Å². The minimum Gasteiger partial charge on any atom is -0.456 e. The zero-order valence-electron chi connectivity index (χ0n) is 19.6. The van der Waals surface area contributed by atoms with E-state index in [1.165, 1.54) is 0 Å². The molecule has 5 rings (SSSR count). The summed E-state index contributed by atoms with van der Waals surface area (Å²) in [6.45, 7) is 5.71. The van der Waals surface area contributed by atoms with Gasteiger partial charge in [-0.3, -0.25) is 9.48 Å². The molecular formula is C27H29N5O2. The van der Waals surface area contributed by atoms with E-state index in [1.54, 1.807) is 19.1 Å². The number of ether oxygens (including phenoxy) is 1. The van der Waals surface area contributed by atoms with E-state index in [4.69, 9.17) is 10.00 Å². The van der Waals surface area contributed by atoms with Gasteiger partial charge < -0.3 is 15.0 Å². The van der Waals surface area contributed by atoms with Gasteiger partial charge in [-0.25, -0.2) is 0 Å². The molecule has 34 heavy (non-hydrogen) atoms. The Labute approximate surface area is 199 Å². The van der Waals surface area contributed by atoms with Gasteiger partial charge >= 0.3 is 0 Å². The normalized spacial score (nSPS) is 18.3. The number of nitrogens with zero attached hydrogens (tertiary/aromatic N) is 4. The van der Waals surface area contributed by atoms with Gasteiger partial charge in [0.1, 0.15) is 11.5 Å². The van der Waals surface area contributed by atoms with Crippen molar-refractivity contribution in [3.8, 4) is 28.7 Å². The summed E-state index contributed by atoms with van der Waals surface area (Å²) in [5.41, 5.74) is 4.48. The second-order valence-electron chi connectivity index (χ2n) is 9.15. The number of benzene rings is 2. The van der Waals surface area contributed by atoms with Gasteiger partial charge in [-0.05, 0) is 82.1 Å². The SMILES string of the molecule is CC(=O)N1c2ccc(-c3cnn(C4CCNCC4)c3)c(Oc3ccc(C#N)cc3)c2CC[C@@H]1C. The Morgan fingerprint density at radius 1 is 1.15 bits per heavy atom. The molecule has 1 aromatic heterocycles. The van der Waals surface area contributed by atoms with Gasteiger partial charge in [-0.15, -0.1) is 0 Å². The highest BCUT2D eigenvalue weighted by Gasteiger charge is 2.30. The number of hydrogen-bond donors (Lipinski definition) is 1. The third-order valence-corrected chi connectivity index (χ3v) is 6.89. The minimum absolute atomic E-state index is 0.0317. The minimum atomic E-state index is 0.0317. The molecule has 1 saturated heterocycles. The van der Waals surface area contributed by atoms with Crippen molar-refractivity contribution >= 4 is 11.6 Å². The molecule has 2 aliphatic heterocycles. The van der Waals surface area contributed by atoms with Crippen molar-refractivity contribution in [3.05, 3.63) is 59.9 Å². The van der Waals surface area contributed by atoms with Gasteiger partial charge in [0.15, 0.2) is 0 Å². The number of anilines is 1. The van der Waals surface area contributed by atoms with E-state index in [0.29, 0.717) is 17.4 Å². The van der Waals surface area contributed by atoms with E-state index in [1.807, 2.05) is 35.4 Å². The van der Waals surface area contributed by atoms with Crippen LogP contribution in [0.2, 0.25) is 0 Å². The monoisotopic (exact) mass is 455 g/mol. The average molecular weight is 456 g/mol. The second kappa shape index (κ2) is 9.32. The summed E-state index contributed by atoms with van der Waals surface area (Å²) in [5.74, 6) is 1.45. The Hall–Kier alpha value is -3.63. The maximum absolute atomic E-state index is 12.5. The molecule has 0 radical (unpaired) electrons. The molecule has 1 N–H and O–H groups in total. The predicted molar refractivity (Wildman–Crippen MR) is 131 cm³/mol. The molecule has 7 heteroatoms. The van der Waals surface area contributed by atoms with E-state index in [2.05, 4.69) is 34.3 Å². The molecule has 3 heterocycles. The lowest BCUT2D eigenvalue weighted by Crippen LogP contribution is -2.40. The summed E-state index contributed by atoms with van der Waals surface area (Å²) in [6, 6.07) is 13.9. The molecule has 0 aliphatic carbocycles. The van der Waals surface area contributed by atoms with Crippen molar-refractivity contribution in [1.82, 2.24) is 15.1 Å². The summed E-state index contributed by atoms with van der Waals surface area (Å²) in [5, 5.41) is 17.2. The summed E-state index contributed by atoms with van der Waals surface area (Å²) < 4.78 is 8.56. The molecule has 174 valence electrons. The van der Waals surface area contributed by atoms with Crippen molar-refractivity contribution in [1.29, 1.82) is 5.26 Å². The van der Waals surface area contributed by atoms with Gasteiger partial charge in [0.25, 0.3) is 0 Å². The van der Waals surface area contributed by atoms with Crippen molar-refractivity contribution in [2.75, 3.05) is 18.0 Å². The zero-order valence-corrected chi connectivity index (χ0v) is 19.6. The number of carbonyl (C=O) groups is 1. The third kappa shape index (κ3) is 4.17.